The van der Waals surface area contributed by atoms with Crippen LogP contribution in [0.15, 0.2) is 60.8 Å². The summed E-state index contributed by atoms with van der Waals surface area (Å²) < 4.78 is 29.2. The number of nitrogens with zero attached hydrogens (tertiary/aromatic N) is 1. The Kier molecular flexibility index (Phi) is 6.93. The lowest BCUT2D eigenvalue weighted by atomic mass is 9.53. The van der Waals surface area contributed by atoms with Gasteiger partial charge in [-0.15, -0.1) is 0 Å². The monoisotopic (exact) mass is 544 g/mol. The Morgan fingerprint density at radius 3 is 2.73 bits per heavy atom. The van der Waals surface area contributed by atoms with Crippen molar-refractivity contribution < 1.29 is 23.5 Å². The van der Waals surface area contributed by atoms with Crippen LogP contribution in [-0.4, -0.2) is 28.3 Å². The van der Waals surface area contributed by atoms with Crippen molar-refractivity contribution in [2.75, 3.05) is 6.54 Å². The minimum Gasteiger partial charge on any atom is -0.507 e. The van der Waals surface area contributed by atoms with E-state index in [1.807, 2.05) is 0 Å². The summed E-state index contributed by atoms with van der Waals surface area (Å²) in [6.07, 6.45) is 5.37. The third-order valence-corrected chi connectivity index (χ3v) is 10.0. The number of aromatic hydroxyl groups is 1. The van der Waals surface area contributed by atoms with Crippen molar-refractivity contribution in [3.8, 4) is 5.75 Å². The quantitative estimate of drug-likeness (QED) is 0.381. The molecule has 40 heavy (non-hydrogen) atoms. The Hall–Kier alpha value is -3.61. The largest absolute Gasteiger partial charge is 0.507 e. The standard InChI is InChI=1S/C33H34F2N2O3/c1-33-14-12-22-21-7-3-2-6-19(21)10-11-23(22)30(33)26(17-29(33)39)24(31-27(35)16-20(34)18-37-31)13-15-36-32(40)25-8-4-5-9-28(25)38/h2-9,16,18,22-24,26,30,38H,10-15,17H2,1H3,(H,36,40)/t22?,23?,24?,26-,30?,33+/m0/s1. The van der Waals surface area contributed by atoms with Gasteiger partial charge in [-0.05, 0) is 79.0 Å². The van der Waals surface area contributed by atoms with Crippen molar-refractivity contribution in [1.82, 2.24) is 10.3 Å². The van der Waals surface area contributed by atoms with Gasteiger partial charge in [-0.3, -0.25) is 14.6 Å². The van der Waals surface area contributed by atoms with Crippen molar-refractivity contribution in [3.63, 3.8) is 0 Å². The second-order valence-electron chi connectivity index (χ2n) is 12.0. The van der Waals surface area contributed by atoms with Gasteiger partial charge in [-0.1, -0.05) is 43.3 Å². The van der Waals surface area contributed by atoms with E-state index < -0.39 is 28.9 Å². The van der Waals surface area contributed by atoms with Crippen LogP contribution in [-0.2, 0) is 11.2 Å². The number of hydrogen-bond acceptors (Lipinski definition) is 4. The number of phenolic OH excluding ortho intramolecular Hbond substituents is 1. The number of Topliss-reactive ketones (excluding diaryl/α,β-unsaturated/α-hetero) is 1. The Labute approximate surface area is 233 Å². The molecule has 2 fully saturated rings. The van der Waals surface area contributed by atoms with Crippen LogP contribution in [0.2, 0.25) is 0 Å². The van der Waals surface area contributed by atoms with Crippen molar-refractivity contribution in [2.24, 2.45) is 23.2 Å². The first kappa shape index (κ1) is 26.6. The number of phenols is 1. The Morgan fingerprint density at radius 2 is 1.93 bits per heavy atom. The highest BCUT2D eigenvalue weighted by atomic mass is 19.1. The van der Waals surface area contributed by atoms with Gasteiger partial charge in [0, 0.05) is 30.4 Å². The number of rotatable bonds is 6. The molecule has 0 saturated heterocycles. The zero-order valence-electron chi connectivity index (χ0n) is 22.6. The Morgan fingerprint density at radius 1 is 1.15 bits per heavy atom. The van der Waals surface area contributed by atoms with Gasteiger partial charge in [0.2, 0.25) is 0 Å². The molecule has 1 aromatic heterocycles. The molecule has 208 valence electrons. The number of aryl methyl sites for hydroxylation is 1. The van der Waals surface area contributed by atoms with E-state index in [0.717, 1.165) is 37.9 Å². The smallest absolute Gasteiger partial charge is 0.255 e. The summed E-state index contributed by atoms with van der Waals surface area (Å²) >= 11 is 0. The molecule has 7 heteroatoms. The molecule has 5 nitrogen and oxygen atoms in total. The second-order valence-corrected chi connectivity index (χ2v) is 12.0. The number of pyridine rings is 1. The number of amides is 1. The summed E-state index contributed by atoms with van der Waals surface area (Å²) in [5.74, 6) is -1.79. The second kappa shape index (κ2) is 10.4. The summed E-state index contributed by atoms with van der Waals surface area (Å²) in [5, 5.41) is 12.9. The Bertz CT molecular complexity index is 1460. The normalized spacial score (nSPS) is 27.8. The topological polar surface area (TPSA) is 79.3 Å². The molecule has 1 amide bonds. The predicted octanol–water partition coefficient (Wildman–Crippen LogP) is 6.32. The van der Waals surface area contributed by atoms with Gasteiger partial charge in [-0.2, -0.15) is 0 Å². The molecule has 6 atom stereocenters. The van der Waals surface area contributed by atoms with E-state index in [9.17, 15) is 19.1 Å². The fourth-order valence-electron chi connectivity index (χ4n) is 8.21. The highest BCUT2D eigenvalue weighted by molar-refractivity contribution is 5.96. The molecule has 0 bridgehead atoms. The van der Waals surface area contributed by atoms with Crippen LogP contribution in [0.3, 0.4) is 0 Å². The molecule has 3 aliphatic rings. The molecule has 0 aliphatic heterocycles. The summed E-state index contributed by atoms with van der Waals surface area (Å²) in [6, 6.07) is 15.7. The lowest BCUT2D eigenvalue weighted by Gasteiger charge is -2.50. The number of carbonyl (C=O) groups is 2. The molecule has 4 unspecified atom stereocenters. The van der Waals surface area contributed by atoms with Crippen molar-refractivity contribution >= 4 is 11.7 Å². The lowest BCUT2D eigenvalue weighted by molar-refractivity contribution is -0.129. The van der Waals surface area contributed by atoms with Gasteiger partial charge in [0.25, 0.3) is 5.91 Å². The highest BCUT2D eigenvalue weighted by Gasteiger charge is 2.60. The SMILES string of the molecule is C[C@]12CCC3c4ccccc4CCC3C1[C@H](C(CCNC(=O)c1ccccc1O)c1ncc(F)cc1F)CC2=O. The predicted molar refractivity (Wildman–Crippen MR) is 147 cm³/mol. The lowest BCUT2D eigenvalue weighted by Crippen LogP contribution is -2.45. The van der Waals surface area contributed by atoms with E-state index in [-0.39, 0.29) is 47.1 Å². The summed E-state index contributed by atoms with van der Waals surface area (Å²) in [7, 11) is 0. The molecule has 0 radical (unpaired) electrons. The van der Waals surface area contributed by atoms with E-state index in [2.05, 4.69) is 41.5 Å². The minimum atomic E-state index is -0.748. The van der Waals surface area contributed by atoms with Crippen LogP contribution in [0, 0.1) is 34.8 Å². The third kappa shape index (κ3) is 4.49. The molecule has 1 heterocycles. The van der Waals surface area contributed by atoms with E-state index in [0.29, 0.717) is 18.8 Å². The molecular weight excluding hydrogens is 510 g/mol. The maximum atomic E-state index is 15.3. The van der Waals surface area contributed by atoms with Crippen molar-refractivity contribution in [1.29, 1.82) is 0 Å². The number of nitrogens with one attached hydrogen (secondary N) is 1. The third-order valence-electron chi connectivity index (χ3n) is 10.0. The van der Waals surface area contributed by atoms with Gasteiger partial charge < -0.3 is 10.4 Å². The average Bonchev–Trinajstić information content (AvgIpc) is 3.21. The minimum absolute atomic E-state index is 0.0391. The van der Waals surface area contributed by atoms with Crippen molar-refractivity contribution in [3.05, 3.63) is 94.8 Å². The molecule has 3 aliphatic carbocycles. The summed E-state index contributed by atoms with van der Waals surface area (Å²) in [6.45, 7) is 2.28. The molecular formula is C33H34F2N2O3. The zero-order chi connectivity index (χ0) is 28.0. The number of fused-ring (bicyclic) bond motifs is 5. The van der Waals surface area contributed by atoms with Crippen LogP contribution in [0.1, 0.15) is 78.0 Å². The van der Waals surface area contributed by atoms with Crippen molar-refractivity contribution in [2.45, 2.75) is 57.3 Å². The van der Waals surface area contributed by atoms with Gasteiger partial charge >= 0.3 is 0 Å². The van der Waals surface area contributed by atoms with Gasteiger partial charge in [0.15, 0.2) is 0 Å². The zero-order valence-corrected chi connectivity index (χ0v) is 22.6. The summed E-state index contributed by atoms with van der Waals surface area (Å²) in [5.41, 5.74) is 2.56. The fraction of sp³-hybridized carbons (Fsp3) is 0.424. The molecule has 6 rings (SSSR count). The van der Waals surface area contributed by atoms with Crippen LogP contribution in [0.5, 0.6) is 5.75 Å². The highest BCUT2D eigenvalue weighted by Crippen LogP contribution is 2.63. The maximum absolute atomic E-state index is 15.3. The number of benzene rings is 2. The first-order valence-electron chi connectivity index (χ1n) is 14.3. The van der Waals surface area contributed by atoms with Gasteiger partial charge in [-0.25, -0.2) is 8.78 Å². The molecule has 3 aromatic rings. The van der Waals surface area contributed by atoms with E-state index in [1.165, 1.54) is 23.3 Å². The number of ketones is 1. The van der Waals surface area contributed by atoms with E-state index in [4.69, 9.17) is 0 Å². The Balaban J connectivity index is 1.33. The van der Waals surface area contributed by atoms with Gasteiger partial charge in [0.05, 0.1) is 17.5 Å². The molecule has 2 aromatic carbocycles. The van der Waals surface area contributed by atoms with Crippen LogP contribution in [0.25, 0.3) is 0 Å². The van der Waals surface area contributed by atoms with E-state index in [1.54, 1.807) is 12.1 Å². The van der Waals surface area contributed by atoms with Crippen LogP contribution >= 0.6 is 0 Å². The molecule has 0 spiro atoms. The maximum Gasteiger partial charge on any atom is 0.255 e. The number of carbonyl (C=O) groups excluding carboxylic acids is 2. The number of aromatic nitrogens is 1. The summed E-state index contributed by atoms with van der Waals surface area (Å²) in [4.78, 5) is 30.7. The van der Waals surface area contributed by atoms with E-state index >= 15 is 4.39 Å². The van der Waals surface area contributed by atoms with Crippen LogP contribution < -0.4 is 5.32 Å². The first-order chi connectivity index (χ1) is 19.3. The fourth-order valence-corrected chi connectivity index (χ4v) is 8.21. The number of halogens is 2. The molecule has 2 N–H and O–H groups in total. The average molecular weight is 545 g/mol. The van der Waals surface area contributed by atoms with Gasteiger partial charge in [0.1, 0.15) is 23.2 Å². The number of para-hydroxylation sites is 1. The first-order valence-corrected chi connectivity index (χ1v) is 14.3. The number of hydrogen-bond donors (Lipinski definition) is 2. The molecule has 2 saturated carbocycles. The van der Waals surface area contributed by atoms with Crippen LogP contribution in [0.4, 0.5) is 8.78 Å².